The first-order valence-corrected chi connectivity index (χ1v) is 7.46. The van der Waals surface area contributed by atoms with Gasteiger partial charge in [0.15, 0.2) is 12.6 Å². The second-order valence-electron chi connectivity index (χ2n) is 5.74. The summed E-state index contributed by atoms with van der Waals surface area (Å²) < 4.78 is 20.6. The first-order chi connectivity index (χ1) is 11.3. The minimum absolute atomic E-state index is 0.581. The van der Waals surface area contributed by atoms with Gasteiger partial charge in [0.25, 0.3) is 0 Å². The van der Waals surface area contributed by atoms with Gasteiger partial charge in [0.1, 0.15) is 48.8 Å². The number of methoxy groups -OCH3 is 1. The third-order valence-electron chi connectivity index (χ3n) is 4.19. The maximum Gasteiger partial charge on any atom is 0.187 e. The van der Waals surface area contributed by atoms with Gasteiger partial charge in [-0.1, -0.05) is 0 Å². The van der Waals surface area contributed by atoms with E-state index in [1.54, 1.807) is 0 Å². The van der Waals surface area contributed by atoms with Crippen LogP contribution in [0.15, 0.2) is 0 Å². The van der Waals surface area contributed by atoms with Gasteiger partial charge in [-0.05, 0) is 0 Å². The molecule has 142 valence electrons. The molecule has 11 heteroatoms. The second kappa shape index (κ2) is 8.29. The molecule has 2 aliphatic rings. The molecule has 7 N–H and O–H groups in total. The minimum Gasteiger partial charge on any atom is -0.394 e. The highest BCUT2D eigenvalue weighted by atomic mass is 16.7. The summed E-state index contributed by atoms with van der Waals surface area (Å²) in [6.07, 6.45) is -14.4. The van der Waals surface area contributed by atoms with E-state index in [9.17, 15) is 30.6 Å². The first-order valence-electron chi connectivity index (χ1n) is 7.46. The average molecular weight is 356 g/mol. The van der Waals surface area contributed by atoms with Crippen LogP contribution in [0.25, 0.3) is 0 Å². The lowest BCUT2D eigenvalue weighted by atomic mass is 9.97. The van der Waals surface area contributed by atoms with Gasteiger partial charge >= 0.3 is 0 Å². The van der Waals surface area contributed by atoms with E-state index in [4.69, 9.17) is 24.1 Å². The van der Waals surface area contributed by atoms with Crippen molar-refractivity contribution in [3.8, 4) is 0 Å². The summed E-state index contributed by atoms with van der Waals surface area (Å²) >= 11 is 0. The van der Waals surface area contributed by atoms with Crippen LogP contribution in [0.4, 0.5) is 0 Å². The largest absolute Gasteiger partial charge is 0.394 e. The Morgan fingerprint density at radius 2 is 1.25 bits per heavy atom. The topological polar surface area (TPSA) is 179 Å². The molecule has 2 heterocycles. The van der Waals surface area contributed by atoms with Crippen LogP contribution in [0.2, 0.25) is 0 Å². The van der Waals surface area contributed by atoms with Crippen molar-refractivity contribution in [3.63, 3.8) is 0 Å². The fourth-order valence-corrected chi connectivity index (χ4v) is 2.74. The number of ether oxygens (including phenoxy) is 4. The molecule has 2 fully saturated rings. The van der Waals surface area contributed by atoms with Gasteiger partial charge in [-0.2, -0.15) is 0 Å². The Morgan fingerprint density at radius 3 is 1.79 bits per heavy atom. The number of aliphatic hydroxyl groups is 7. The average Bonchev–Trinajstić information content (AvgIpc) is 2.58. The highest BCUT2D eigenvalue weighted by molar-refractivity contribution is 4.93. The summed E-state index contributed by atoms with van der Waals surface area (Å²) in [4.78, 5) is 0. The quantitative estimate of drug-likeness (QED) is 0.251. The summed E-state index contributed by atoms with van der Waals surface area (Å²) in [5, 5.41) is 68.1. The van der Waals surface area contributed by atoms with Crippen molar-refractivity contribution < 1.29 is 54.7 Å². The second-order valence-corrected chi connectivity index (χ2v) is 5.74. The lowest BCUT2D eigenvalue weighted by Gasteiger charge is -2.45. The van der Waals surface area contributed by atoms with E-state index in [1.807, 2.05) is 0 Å². The maximum atomic E-state index is 10.2. The molecule has 2 saturated heterocycles. The van der Waals surface area contributed by atoms with Crippen molar-refractivity contribution in [2.45, 2.75) is 61.4 Å². The van der Waals surface area contributed by atoms with Crippen molar-refractivity contribution in [2.24, 2.45) is 0 Å². The maximum absolute atomic E-state index is 10.2. The van der Waals surface area contributed by atoms with E-state index < -0.39 is 74.6 Å². The molecule has 0 spiro atoms. The summed E-state index contributed by atoms with van der Waals surface area (Å²) in [5.41, 5.74) is 0. The van der Waals surface area contributed by atoms with Crippen molar-refractivity contribution >= 4 is 0 Å². The van der Waals surface area contributed by atoms with E-state index >= 15 is 0 Å². The number of hydrogen-bond donors (Lipinski definition) is 7. The summed E-state index contributed by atoms with van der Waals surface area (Å²) in [5.74, 6) is 0. The molecule has 2 aliphatic heterocycles. The first kappa shape index (κ1) is 19.9. The molecule has 0 amide bonds. The van der Waals surface area contributed by atoms with Crippen LogP contribution in [0, 0.1) is 0 Å². The van der Waals surface area contributed by atoms with Gasteiger partial charge in [-0.15, -0.1) is 0 Å². The fourth-order valence-electron chi connectivity index (χ4n) is 2.74. The minimum atomic E-state index is -1.70. The third kappa shape index (κ3) is 3.71. The van der Waals surface area contributed by atoms with Crippen LogP contribution >= 0.6 is 0 Å². The molecule has 0 aromatic carbocycles. The molecule has 0 radical (unpaired) electrons. The van der Waals surface area contributed by atoms with Crippen molar-refractivity contribution in [1.29, 1.82) is 0 Å². The highest BCUT2D eigenvalue weighted by Crippen LogP contribution is 2.29. The van der Waals surface area contributed by atoms with Crippen molar-refractivity contribution in [2.75, 3.05) is 20.3 Å². The van der Waals surface area contributed by atoms with Crippen LogP contribution < -0.4 is 0 Å². The van der Waals surface area contributed by atoms with Gasteiger partial charge in [0.05, 0.1) is 13.2 Å². The van der Waals surface area contributed by atoms with Gasteiger partial charge in [-0.25, -0.2) is 0 Å². The molecule has 0 bridgehead atoms. The lowest BCUT2D eigenvalue weighted by molar-refractivity contribution is -0.358. The summed E-state index contributed by atoms with van der Waals surface area (Å²) in [6, 6.07) is 0. The van der Waals surface area contributed by atoms with Crippen LogP contribution in [0.3, 0.4) is 0 Å². The van der Waals surface area contributed by atoms with Crippen molar-refractivity contribution in [3.05, 3.63) is 0 Å². The molecule has 0 aliphatic carbocycles. The molecule has 24 heavy (non-hydrogen) atoms. The van der Waals surface area contributed by atoms with Gasteiger partial charge in [0.2, 0.25) is 0 Å². The zero-order chi connectivity index (χ0) is 18.0. The summed E-state index contributed by atoms with van der Waals surface area (Å²) in [7, 11) is 1.24. The van der Waals surface area contributed by atoms with Crippen LogP contribution in [0.5, 0.6) is 0 Å². The molecular weight excluding hydrogens is 332 g/mol. The number of rotatable bonds is 5. The Hall–Kier alpha value is -0.440. The van der Waals surface area contributed by atoms with E-state index in [0.29, 0.717) is 0 Å². The Labute approximate surface area is 137 Å². The normalized spacial score (nSPS) is 50.0. The zero-order valence-electron chi connectivity index (χ0n) is 13.0. The fraction of sp³-hybridized carbons (Fsp3) is 1.00. The molecule has 0 saturated carbocycles. The van der Waals surface area contributed by atoms with Gasteiger partial charge < -0.3 is 54.7 Å². The zero-order valence-corrected chi connectivity index (χ0v) is 13.0. The predicted octanol–water partition coefficient (Wildman–Crippen LogP) is -4.74. The van der Waals surface area contributed by atoms with Gasteiger partial charge in [-0.3, -0.25) is 0 Å². The van der Waals surface area contributed by atoms with E-state index in [2.05, 4.69) is 0 Å². The molecule has 0 unspecified atom stereocenters. The van der Waals surface area contributed by atoms with Crippen LogP contribution in [-0.2, 0) is 18.9 Å². The molecule has 10 atom stereocenters. The standard InChI is InChI=1S/C13H24O11/c1-21-12-10(20)11(7(17)5(3-15)22-12)24-13-9(19)8(18)6(16)4(2-14)23-13/h4-20H,2-3H2,1H3/t4-,5-,6-,7+,8+,9-,10-,11+,12+,13-/m1/s1. The van der Waals surface area contributed by atoms with E-state index in [0.717, 1.165) is 0 Å². The van der Waals surface area contributed by atoms with E-state index in [1.165, 1.54) is 7.11 Å². The van der Waals surface area contributed by atoms with Crippen molar-refractivity contribution in [1.82, 2.24) is 0 Å². The van der Waals surface area contributed by atoms with Gasteiger partial charge in [0, 0.05) is 7.11 Å². The van der Waals surface area contributed by atoms with E-state index in [-0.39, 0.29) is 0 Å². The molecule has 11 nitrogen and oxygen atoms in total. The Balaban J connectivity index is 2.14. The Kier molecular flexibility index (Phi) is 6.87. The monoisotopic (exact) mass is 356 g/mol. The Bertz CT molecular complexity index is 378. The number of hydrogen-bond acceptors (Lipinski definition) is 11. The predicted molar refractivity (Wildman–Crippen MR) is 73.4 cm³/mol. The SMILES string of the molecule is CO[C@H]1O[C@H](CO)[C@H](O)[C@H](O[C@H]2O[C@H](CO)[C@@H](O)[C@H](O)[C@H]2O)[C@H]1O. The summed E-state index contributed by atoms with van der Waals surface area (Å²) in [6.45, 7) is -1.23. The molecular formula is C13H24O11. The van der Waals surface area contributed by atoms with Crippen LogP contribution in [-0.4, -0.2) is 117 Å². The smallest absolute Gasteiger partial charge is 0.187 e. The number of aliphatic hydroxyl groups excluding tert-OH is 7. The molecule has 2 rings (SSSR count). The Morgan fingerprint density at radius 1 is 0.708 bits per heavy atom. The molecule has 0 aromatic rings. The van der Waals surface area contributed by atoms with Crippen LogP contribution in [0.1, 0.15) is 0 Å². The lowest BCUT2D eigenvalue weighted by Crippen LogP contribution is -2.64. The third-order valence-corrected chi connectivity index (χ3v) is 4.19. The highest BCUT2D eigenvalue weighted by Gasteiger charge is 2.50. The molecule has 0 aromatic heterocycles.